The summed E-state index contributed by atoms with van der Waals surface area (Å²) >= 11 is 4.69. The highest BCUT2D eigenvalue weighted by atomic mass is 32.2. The topological polar surface area (TPSA) is 74.4 Å². The Morgan fingerprint density at radius 2 is 1.96 bits per heavy atom. The lowest BCUT2D eigenvalue weighted by Crippen LogP contribution is -2.12. The number of rotatable bonds is 4. The first kappa shape index (κ1) is 16.7. The van der Waals surface area contributed by atoms with Crippen LogP contribution in [0.25, 0.3) is 31.7 Å². The number of aromatic amines is 2. The first-order valence-corrected chi connectivity index (χ1v) is 11.0. The standard InChI is InChI=1S/C19H14N4OS3/c1-10(27-19-20-12-5-2-3-6-13(12)21-19)16-22-17(24)15-11(9-26-18(15)23-16)14-7-4-8-25-14/h2-10H,1H3,(H,20,21)(H,22,23,24). The summed E-state index contributed by atoms with van der Waals surface area (Å²) in [6.07, 6.45) is 0. The molecule has 5 rings (SSSR count). The van der Waals surface area contributed by atoms with Crippen molar-refractivity contribution >= 4 is 55.7 Å². The van der Waals surface area contributed by atoms with E-state index in [2.05, 4.69) is 15.0 Å². The van der Waals surface area contributed by atoms with E-state index in [0.717, 1.165) is 31.5 Å². The molecule has 0 amide bonds. The second-order valence-corrected chi connectivity index (χ2v) is 9.21. The molecule has 0 saturated heterocycles. The van der Waals surface area contributed by atoms with Crippen molar-refractivity contribution in [2.24, 2.45) is 0 Å². The van der Waals surface area contributed by atoms with Gasteiger partial charge in [-0.1, -0.05) is 30.0 Å². The van der Waals surface area contributed by atoms with Gasteiger partial charge in [-0.3, -0.25) is 4.79 Å². The summed E-state index contributed by atoms with van der Waals surface area (Å²) in [6.45, 7) is 2.02. The van der Waals surface area contributed by atoms with E-state index in [9.17, 15) is 4.79 Å². The lowest BCUT2D eigenvalue weighted by Gasteiger charge is -2.08. The number of para-hydroxylation sites is 2. The van der Waals surface area contributed by atoms with Crippen LogP contribution in [0.5, 0.6) is 0 Å². The van der Waals surface area contributed by atoms with E-state index in [1.165, 1.54) is 11.3 Å². The molecule has 5 nitrogen and oxygen atoms in total. The fourth-order valence-electron chi connectivity index (χ4n) is 2.98. The van der Waals surface area contributed by atoms with E-state index in [1.807, 2.05) is 54.1 Å². The third-order valence-electron chi connectivity index (χ3n) is 4.29. The monoisotopic (exact) mass is 410 g/mol. The van der Waals surface area contributed by atoms with Crippen LogP contribution in [0.1, 0.15) is 18.0 Å². The summed E-state index contributed by atoms with van der Waals surface area (Å²) in [5.74, 6) is 0.664. The number of hydrogen-bond donors (Lipinski definition) is 2. The molecule has 4 aromatic heterocycles. The van der Waals surface area contributed by atoms with E-state index < -0.39 is 0 Å². The lowest BCUT2D eigenvalue weighted by molar-refractivity contribution is 0.917. The molecule has 0 spiro atoms. The molecule has 2 N–H and O–H groups in total. The van der Waals surface area contributed by atoms with Crippen LogP contribution in [-0.2, 0) is 0 Å². The van der Waals surface area contributed by atoms with Gasteiger partial charge in [-0.05, 0) is 30.5 Å². The van der Waals surface area contributed by atoms with Gasteiger partial charge in [0.15, 0.2) is 5.16 Å². The Labute approximate surface area is 166 Å². The molecule has 0 aliphatic rings. The summed E-state index contributed by atoms with van der Waals surface area (Å²) in [7, 11) is 0. The number of thiophene rings is 2. The maximum absolute atomic E-state index is 12.8. The number of H-pyrrole nitrogens is 2. The summed E-state index contributed by atoms with van der Waals surface area (Å²) < 4.78 is 0. The number of nitrogens with zero attached hydrogens (tertiary/aromatic N) is 2. The Balaban J connectivity index is 1.50. The van der Waals surface area contributed by atoms with E-state index in [1.54, 1.807) is 23.1 Å². The van der Waals surface area contributed by atoms with Gasteiger partial charge in [0.25, 0.3) is 5.56 Å². The average Bonchev–Trinajstić information content (AvgIpc) is 3.39. The number of aromatic nitrogens is 4. The van der Waals surface area contributed by atoms with Gasteiger partial charge in [-0.2, -0.15) is 0 Å². The molecular weight excluding hydrogens is 396 g/mol. The minimum Gasteiger partial charge on any atom is -0.333 e. The van der Waals surface area contributed by atoms with Gasteiger partial charge >= 0.3 is 0 Å². The highest BCUT2D eigenvalue weighted by molar-refractivity contribution is 7.99. The van der Waals surface area contributed by atoms with Crippen molar-refractivity contribution in [1.82, 2.24) is 19.9 Å². The quantitative estimate of drug-likeness (QED) is 0.387. The van der Waals surface area contributed by atoms with Gasteiger partial charge in [-0.15, -0.1) is 22.7 Å². The maximum atomic E-state index is 12.8. The minimum atomic E-state index is -0.0864. The summed E-state index contributed by atoms with van der Waals surface area (Å²) in [6, 6.07) is 11.9. The average molecular weight is 411 g/mol. The van der Waals surface area contributed by atoms with E-state index in [-0.39, 0.29) is 10.8 Å². The molecule has 0 aliphatic carbocycles. The SMILES string of the molecule is CC(Sc1nc2ccccc2[nH]1)c1nc2scc(-c3cccs3)c2c(=O)[nH]1. The molecule has 0 aliphatic heterocycles. The largest absolute Gasteiger partial charge is 0.333 e. The molecule has 1 atom stereocenters. The zero-order valence-electron chi connectivity index (χ0n) is 14.2. The summed E-state index contributed by atoms with van der Waals surface area (Å²) in [4.78, 5) is 30.2. The van der Waals surface area contributed by atoms with Crippen molar-refractivity contribution < 1.29 is 0 Å². The van der Waals surface area contributed by atoms with E-state index >= 15 is 0 Å². The van der Waals surface area contributed by atoms with Crippen molar-refractivity contribution in [2.45, 2.75) is 17.3 Å². The van der Waals surface area contributed by atoms with Gasteiger partial charge < -0.3 is 9.97 Å². The van der Waals surface area contributed by atoms with Crippen LogP contribution in [0.4, 0.5) is 0 Å². The maximum Gasteiger partial charge on any atom is 0.260 e. The molecule has 0 fully saturated rings. The Hall–Kier alpha value is -2.42. The number of imidazole rings is 1. The fraction of sp³-hybridized carbons (Fsp3) is 0.105. The first-order valence-electron chi connectivity index (χ1n) is 8.36. The third kappa shape index (κ3) is 2.99. The highest BCUT2D eigenvalue weighted by Crippen LogP contribution is 2.36. The second-order valence-electron chi connectivity index (χ2n) is 6.08. The van der Waals surface area contributed by atoms with Crippen molar-refractivity contribution in [3.8, 4) is 10.4 Å². The zero-order valence-corrected chi connectivity index (χ0v) is 16.7. The number of thioether (sulfide) groups is 1. The number of nitrogens with one attached hydrogen (secondary N) is 2. The van der Waals surface area contributed by atoms with Crippen molar-refractivity contribution in [1.29, 1.82) is 0 Å². The van der Waals surface area contributed by atoms with Crippen LogP contribution >= 0.6 is 34.4 Å². The van der Waals surface area contributed by atoms with Crippen LogP contribution in [0.15, 0.2) is 57.1 Å². The van der Waals surface area contributed by atoms with E-state index in [0.29, 0.717) is 11.2 Å². The van der Waals surface area contributed by atoms with Crippen molar-refractivity contribution in [2.75, 3.05) is 0 Å². The minimum absolute atomic E-state index is 0.0325. The molecule has 4 heterocycles. The molecular formula is C19H14N4OS3. The number of fused-ring (bicyclic) bond motifs is 2. The van der Waals surface area contributed by atoms with Crippen molar-refractivity contribution in [3.63, 3.8) is 0 Å². The Kier molecular flexibility index (Phi) is 4.11. The molecule has 0 radical (unpaired) electrons. The Morgan fingerprint density at radius 1 is 1.07 bits per heavy atom. The number of benzene rings is 1. The molecule has 27 heavy (non-hydrogen) atoms. The molecule has 0 bridgehead atoms. The van der Waals surface area contributed by atoms with Crippen LogP contribution in [-0.4, -0.2) is 19.9 Å². The first-order chi connectivity index (χ1) is 13.2. The van der Waals surface area contributed by atoms with E-state index in [4.69, 9.17) is 4.98 Å². The summed E-state index contributed by atoms with van der Waals surface area (Å²) in [5.41, 5.74) is 2.81. The summed E-state index contributed by atoms with van der Waals surface area (Å²) in [5, 5.41) is 5.49. The number of hydrogen-bond acceptors (Lipinski definition) is 6. The van der Waals surface area contributed by atoms with Gasteiger partial charge in [0.1, 0.15) is 10.7 Å². The fourth-order valence-corrected chi connectivity index (χ4v) is 5.63. The molecule has 0 saturated carbocycles. The normalized spacial score (nSPS) is 12.8. The van der Waals surface area contributed by atoms with Gasteiger partial charge in [0.05, 0.1) is 21.7 Å². The lowest BCUT2D eigenvalue weighted by atomic mass is 10.2. The zero-order chi connectivity index (χ0) is 18.4. The molecule has 1 unspecified atom stereocenters. The predicted octanol–water partition coefficient (Wildman–Crippen LogP) is 5.44. The van der Waals surface area contributed by atoms with Gasteiger partial charge in [-0.25, -0.2) is 9.97 Å². The smallest absolute Gasteiger partial charge is 0.260 e. The van der Waals surface area contributed by atoms with Gasteiger partial charge in [0.2, 0.25) is 0 Å². The van der Waals surface area contributed by atoms with Crippen LogP contribution in [0, 0.1) is 0 Å². The Bertz CT molecular complexity index is 1270. The molecule has 8 heteroatoms. The molecule has 134 valence electrons. The van der Waals surface area contributed by atoms with Crippen LogP contribution in [0.3, 0.4) is 0 Å². The van der Waals surface area contributed by atoms with Gasteiger partial charge in [0, 0.05) is 15.8 Å². The highest BCUT2D eigenvalue weighted by Gasteiger charge is 2.18. The second kappa shape index (κ2) is 6.63. The molecule has 5 aromatic rings. The van der Waals surface area contributed by atoms with Crippen LogP contribution in [0.2, 0.25) is 0 Å². The van der Waals surface area contributed by atoms with Crippen LogP contribution < -0.4 is 5.56 Å². The molecule has 1 aromatic carbocycles. The predicted molar refractivity (Wildman–Crippen MR) is 114 cm³/mol. The van der Waals surface area contributed by atoms with Crippen molar-refractivity contribution in [3.05, 3.63) is 63.3 Å². The Morgan fingerprint density at radius 3 is 2.78 bits per heavy atom. The third-order valence-corrected chi connectivity index (χ3v) is 7.06.